The summed E-state index contributed by atoms with van der Waals surface area (Å²) in [5.74, 6) is 1.05. The lowest BCUT2D eigenvalue weighted by Crippen LogP contribution is -2.05. The summed E-state index contributed by atoms with van der Waals surface area (Å²) in [7, 11) is 0. The minimum absolute atomic E-state index is 0.487. The molecule has 0 aromatic carbocycles. The molecule has 0 aliphatic heterocycles. The SMILES string of the molecule is CC1CC/C=C\CCCCCCCCCCC(=O)C1. The highest BCUT2D eigenvalue weighted by Gasteiger charge is 2.08. The Morgan fingerprint density at radius 1 is 0.842 bits per heavy atom. The van der Waals surface area contributed by atoms with Gasteiger partial charge >= 0.3 is 0 Å². The van der Waals surface area contributed by atoms with E-state index in [-0.39, 0.29) is 0 Å². The Balaban J connectivity index is 2.27. The molecule has 0 saturated carbocycles. The van der Waals surface area contributed by atoms with Crippen molar-refractivity contribution in [3.05, 3.63) is 12.2 Å². The first kappa shape index (κ1) is 16.5. The molecule has 1 atom stereocenters. The summed E-state index contributed by atoms with van der Waals surface area (Å²) in [6.07, 6.45) is 20.4. The van der Waals surface area contributed by atoms with E-state index in [0.29, 0.717) is 11.7 Å². The van der Waals surface area contributed by atoms with Crippen LogP contribution in [0.4, 0.5) is 0 Å². The van der Waals surface area contributed by atoms with Gasteiger partial charge in [0.05, 0.1) is 0 Å². The van der Waals surface area contributed by atoms with Crippen LogP contribution in [0.5, 0.6) is 0 Å². The first-order chi connectivity index (χ1) is 9.29. The van der Waals surface area contributed by atoms with Gasteiger partial charge in [-0.15, -0.1) is 0 Å². The summed E-state index contributed by atoms with van der Waals surface area (Å²) < 4.78 is 0. The standard InChI is InChI=1S/C18H32O/c1-17-14-12-10-8-6-4-2-3-5-7-9-11-13-15-18(19)16-17/h8,10,17H,2-7,9,11-16H2,1H3/b10-8-. The number of allylic oxidation sites excluding steroid dienone is 2. The fraction of sp³-hybridized carbons (Fsp3) is 0.833. The predicted molar refractivity (Wildman–Crippen MR) is 83.3 cm³/mol. The number of hydrogen-bond donors (Lipinski definition) is 0. The van der Waals surface area contributed by atoms with Crippen LogP contribution in [0, 0.1) is 5.92 Å². The lowest BCUT2D eigenvalue weighted by molar-refractivity contribution is -0.120. The fourth-order valence-electron chi connectivity index (χ4n) is 2.85. The Morgan fingerprint density at radius 3 is 2.16 bits per heavy atom. The topological polar surface area (TPSA) is 17.1 Å². The maximum Gasteiger partial charge on any atom is 0.133 e. The highest BCUT2D eigenvalue weighted by atomic mass is 16.1. The van der Waals surface area contributed by atoms with Crippen molar-refractivity contribution in [3.8, 4) is 0 Å². The monoisotopic (exact) mass is 264 g/mol. The Hall–Kier alpha value is -0.590. The van der Waals surface area contributed by atoms with Crippen LogP contribution in [0.2, 0.25) is 0 Å². The lowest BCUT2D eigenvalue weighted by Gasteiger charge is -2.08. The van der Waals surface area contributed by atoms with Crippen molar-refractivity contribution < 1.29 is 4.79 Å². The Kier molecular flexibility index (Phi) is 9.75. The van der Waals surface area contributed by atoms with Crippen LogP contribution in [-0.2, 0) is 4.79 Å². The summed E-state index contributed by atoms with van der Waals surface area (Å²) in [6, 6.07) is 0. The third-order valence-electron chi connectivity index (χ3n) is 4.15. The average molecular weight is 264 g/mol. The first-order valence-corrected chi connectivity index (χ1v) is 8.45. The molecule has 1 nitrogen and oxygen atoms in total. The van der Waals surface area contributed by atoms with Gasteiger partial charge in [0.15, 0.2) is 0 Å². The van der Waals surface area contributed by atoms with Crippen LogP contribution >= 0.6 is 0 Å². The van der Waals surface area contributed by atoms with Crippen molar-refractivity contribution in [2.45, 2.75) is 90.4 Å². The zero-order chi connectivity index (χ0) is 13.8. The van der Waals surface area contributed by atoms with Gasteiger partial charge in [-0.25, -0.2) is 0 Å². The molecule has 0 aromatic heterocycles. The largest absolute Gasteiger partial charge is 0.300 e. The summed E-state index contributed by atoms with van der Waals surface area (Å²) >= 11 is 0. The van der Waals surface area contributed by atoms with Crippen molar-refractivity contribution in [2.24, 2.45) is 5.92 Å². The van der Waals surface area contributed by atoms with E-state index >= 15 is 0 Å². The molecule has 0 heterocycles. The molecular weight excluding hydrogens is 232 g/mol. The second-order valence-corrected chi connectivity index (χ2v) is 6.26. The van der Waals surface area contributed by atoms with Crippen LogP contribution in [-0.4, -0.2) is 5.78 Å². The third-order valence-corrected chi connectivity index (χ3v) is 4.15. The summed E-state index contributed by atoms with van der Waals surface area (Å²) in [5, 5.41) is 0. The quantitative estimate of drug-likeness (QED) is 0.503. The molecular formula is C18H32O. The van der Waals surface area contributed by atoms with Crippen LogP contribution in [0.3, 0.4) is 0 Å². The summed E-state index contributed by atoms with van der Waals surface area (Å²) in [5.41, 5.74) is 0. The number of carbonyl (C=O) groups excluding carboxylic acids is 1. The first-order valence-electron chi connectivity index (χ1n) is 8.45. The van der Waals surface area contributed by atoms with E-state index in [2.05, 4.69) is 19.1 Å². The number of ketones is 1. The molecule has 0 radical (unpaired) electrons. The van der Waals surface area contributed by atoms with E-state index in [4.69, 9.17) is 0 Å². The van der Waals surface area contributed by atoms with Gasteiger partial charge in [0.1, 0.15) is 5.78 Å². The Morgan fingerprint density at radius 2 is 1.42 bits per heavy atom. The van der Waals surface area contributed by atoms with Gasteiger partial charge in [-0.3, -0.25) is 4.79 Å². The van der Waals surface area contributed by atoms with E-state index in [1.165, 1.54) is 57.8 Å². The van der Waals surface area contributed by atoms with Crippen molar-refractivity contribution in [2.75, 3.05) is 0 Å². The van der Waals surface area contributed by atoms with E-state index in [9.17, 15) is 4.79 Å². The highest BCUT2D eigenvalue weighted by molar-refractivity contribution is 5.78. The molecule has 0 amide bonds. The lowest BCUT2D eigenvalue weighted by atomic mass is 9.96. The zero-order valence-corrected chi connectivity index (χ0v) is 12.8. The second-order valence-electron chi connectivity index (χ2n) is 6.26. The van der Waals surface area contributed by atoms with Gasteiger partial charge in [0, 0.05) is 12.8 Å². The predicted octanol–water partition coefficient (Wildman–Crippen LogP) is 5.83. The molecule has 1 heteroatoms. The number of hydrogen-bond acceptors (Lipinski definition) is 1. The normalized spacial score (nSPS) is 27.6. The molecule has 110 valence electrons. The molecule has 0 N–H and O–H groups in total. The van der Waals surface area contributed by atoms with Crippen LogP contribution < -0.4 is 0 Å². The fourth-order valence-corrected chi connectivity index (χ4v) is 2.85. The van der Waals surface area contributed by atoms with Crippen LogP contribution in [0.1, 0.15) is 90.4 Å². The van der Waals surface area contributed by atoms with Gasteiger partial charge in [-0.05, 0) is 38.0 Å². The maximum atomic E-state index is 11.8. The molecule has 1 aliphatic carbocycles. The second kappa shape index (κ2) is 11.3. The van der Waals surface area contributed by atoms with Crippen molar-refractivity contribution in [1.82, 2.24) is 0 Å². The highest BCUT2D eigenvalue weighted by Crippen LogP contribution is 2.16. The van der Waals surface area contributed by atoms with Crippen molar-refractivity contribution in [1.29, 1.82) is 0 Å². The maximum absolute atomic E-state index is 11.8. The summed E-state index contributed by atoms with van der Waals surface area (Å²) in [6.45, 7) is 2.22. The minimum Gasteiger partial charge on any atom is -0.300 e. The third kappa shape index (κ3) is 9.92. The molecule has 0 aromatic rings. The van der Waals surface area contributed by atoms with Crippen LogP contribution in [0.15, 0.2) is 12.2 Å². The molecule has 1 unspecified atom stereocenters. The van der Waals surface area contributed by atoms with Crippen LogP contribution in [0.25, 0.3) is 0 Å². The van der Waals surface area contributed by atoms with E-state index in [0.717, 1.165) is 25.7 Å². The van der Waals surface area contributed by atoms with Gasteiger partial charge in [-0.2, -0.15) is 0 Å². The molecule has 0 spiro atoms. The molecule has 1 aliphatic rings. The van der Waals surface area contributed by atoms with E-state index in [1.54, 1.807) is 0 Å². The number of Topliss-reactive ketones (excluding diaryl/α,β-unsaturated/α-hetero) is 1. The summed E-state index contributed by atoms with van der Waals surface area (Å²) in [4.78, 5) is 11.8. The van der Waals surface area contributed by atoms with E-state index < -0.39 is 0 Å². The molecule has 0 saturated heterocycles. The Labute approximate surface area is 119 Å². The van der Waals surface area contributed by atoms with Gasteiger partial charge < -0.3 is 0 Å². The van der Waals surface area contributed by atoms with Gasteiger partial charge in [0.2, 0.25) is 0 Å². The van der Waals surface area contributed by atoms with Crippen molar-refractivity contribution >= 4 is 5.78 Å². The molecule has 19 heavy (non-hydrogen) atoms. The van der Waals surface area contributed by atoms with Gasteiger partial charge in [0.25, 0.3) is 0 Å². The van der Waals surface area contributed by atoms with E-state index in [1.807, 2.05) is 0 Å². The van der Waals surface area contributed by atoms with Gasteiger partial charge in [-0.1, -0.05) is 57.6 Å². The van der Waals surface area contributed by atoms with Crippen molar-refractivity contribution in [3.63, 3.8) is 0 Å². The minimum atomic E-state index is 0.487. The molecule has 0 fully saturated rings. The number of carbonyl (C=O) groups is 1. The molecule has 0 bridgehead atoms. The molecule has 1 rings (SSSR count). The Bertz CT molecular complexity index is 254. The number of rotatable bonds is 0. The average Bonchev–Trinajstić information content (AvgIpc) is 2.38. The zero-order valence-electron chi connectivity index (χ0n) is 12.8. The smallest absolute Gasteiger partial charge is 0.133 e.